The Morgan fingerprint density at radius 1 is 1.11 bits per heavy atom. The number of carbonyl (C=O) groups is 3. The van der Waals surface area contributed by atoms with Gasteiger partial charge in [0.2, 0.25) is 11.8 Å². The number of rotatable bonds is 8. The van der Waals surface area contributed by atoms with E-state index in [-0.39, 0.29) is 13.0 Å². The van der Waals surface area contributed by atoms with Gasteiger partial charge in [0.25, 0.3) is 0 Å². The summed E-state index contributed by atoms with van der Waals surface area (Å²) in [7, 11) is 0. The van der Waals surface area contributed by atoms with Crippen LogP contribution in [0.2, 0.25) is 0 Å². The Balaban J connectivity index is 1.44. The topological polar surface area (TPSA) is 141 Å². The summed E-state index contributed by atoms with van der Waals surface area (Å²) >= 11 is 0. The van der Waals surface area contributed by atoms with E-state index in [2.05, 4.69) is 10.3 Å². The quantitative estimate of drug-likeness (QED) is 0.256. The summed E-state index contributed by atoms with van der Waals surface area (Å²) in [6.45, 7) is 4.30. The summed E-state index contributed by atoms with van der Waals surface area (Å²) in [5.41, 5.74) is 4.98. The molecule has 3 amide bonds. The van der Waals surface area contributed by atoms with Crippen molar-refractivity contribution in [2.24, 2.45) is 11.8 Å². The number of carboxylic acid groups (broad SMARTS) is 1. The highest BCUT2D eigenvalue weighted by atomic mass is 16.5. The lowest BCUT2D eigenvalue weighted by molar-refractivity contribution is -0.144. The summed E-state index contributed by atoms with van der Waals surface area (Å²) in [5, 5.41) is 22.8. The van der Waals surface area contributed by atoms with E-state index >= 15 is 0 Å². The zero-order chi connectivity index (χ0) is 27.2. The second-order valence-corrected chi connectivity index (χ2v) is 9.47. The fourth-order valence-corrected chi connectivity index (χ4v) is 5.23. The Morgan fingerprint density at radius 2 is 1.84 bits per heavy atom. The molecular formula is C28H32N4O6. The predicted octanol–water partition coefficient (Wildman–Crippen LogP) is 4.35. The lowest BCUT2D eigenvalue weighted by Crippen LogP contribution is -2.57. The number of piperidine rings is 1. The molecule has 3 atom stereocenters. The predicted molar refractivity (Wildman–Crippen MR) is 141 cm³/mol. The molecular weight excluding hydrogens is 488 g/mol. The minimum Gasteiger partial charge on any atom is -0.489 e. The van der Waals surface area contributed by atoms with Crippen LogP contribution < -0.4 is 15.5 Å². The normalized spacial score (nSPS) is 19.1. The molecule has 4 N–H and O–H groups in total. The van der Waals surface area contributed by atoms with Gasteiger partial charge in [-0.1, -0.05) is 31.5 Å². The van der Waals surface area contributed by atoms with Crippen LogP contribution in [0.4, 0.5) is 10.5 Å². The van der Waals surface area contributed by atoms with Crippen molar-refractivity contribution in [3.8, 4) is 5.75 Å². The van der Waals surface area contributed by atoms with Crippen LogP contribution in [0.1, 0.15) is 37.4 Å². The molecule has 0 bridgehead atoms. The molecule has 0 aliphatic carbocycles. The number of hydrogen-bond donors (Lipinski definition) is 4. The first-order valence-electron chi connectivity index (χ1n) is 12.6. The fraction of sp³-hybridized carbons (Fsp3) is 0.357. The van der Waals surface area contributed by atoms with Crippen molar-refractivity contribution in [1.82, 2.24) is 15.4 Å². The number of likely N-dealkylation sites (tertiary alicyclic amines) is 1. The number of aryl methyl sites for hydroxylation is 1. The van der Waals surface area contributed by atoms with Crippen molar-refractivity contribution < 1.29 is 29.4 Å². The number of anilines is 1. The van der Waals surface area contributed by atoms with Crippen molar-refractivity contribution >= 4 is 34.5 Å². The second kappa shape index (κ2) is 11.9. The zero-order valence-corrected chi connectivity index (χ0v) is 21.4. The van der Waals surface area contributed by atoms with Crippen LogP contribution in [0, 0.1) is 18.8 Å². The maximum Gasteiger partial charge on any atom is 0.407 e. The minimum absolute atomic E-state index is 0.128. The maximum absolute atomic E-state index is 13.2. The Hall–Kier alpha value is -4.18. The molecule has 2 heterocycles. The molecule has 0 radical (unpaired) electrons. The van der Waals surface area contributed by atoms with Crippen LogP contribution in [0.5, 0.6) is 5.75 Å². The molecule has 2 aromatic carbocycles. The average molecular weight is 521 g/mol. The van der Waals surface area contributed by atoms with E-state index in [9.17, 15) is 24.7 Å². The summed E-state index contributed by atoms with van der Waals surface area (Å²) in [6, 6.07) is 16.1. The number of hydrogen-bond acceptors (Lipinski definition) is 6. The highest BCUT2D eigenvalue weighted by Crippen LogP contribution is 2.33. The van der Waals surface area contributed by atoms with Crippen LogP contribution in [-0.4, -0.2) is 50.7 Å². The molecule has 38 heavy (non-hydrogen) atoms. The minimum atomic E-state index is -1.15. The van der Waals surface area contributed by atoms with E-state index in [1.807, 2.05) is 44.2 Å². The molecule has 4 rings (SSSR count). The molecule has 1 aliphatic heterocycles. The molecule has 0 unspecified atom stereocenters. The Kier molecular flexibility index (Phi) is 8.42. The van der Waals surface area contributed by atoms with Crippen molar-refractivity contribution in [2.75, 3.05) is 11.9 Å². The Labute approximate surface area is 220 Å². The van der Waals surface area contributed by atoms with E-state index in [4.69, 9.17) is 4.74 Å². The molecule has 0 saturated carbocycles. The molecule has 10 nitrogen and oxygen atoms in total. The van der Waals surface area contributed by atoms with E-state index in [0.717, 1.165) is 22.2 Å². The van der Waals surface area contributed by atoms with E-state index in [1.165, 1.54) is 4.90 Å². The van der Waals surface area contributed by atoms with E-state index in [0.29, 0.717) is 30.9 Å². The third kappa shape index (κ3) is 5.86. The number of ether oxygens (including phenoxy) is 1. The van der Waals surface area contributed by atoms with E-state index < -0.39 is 35.8 Å². The number of amides is 3. The number of benzene rings is 2. The fourth-order valence-electron chi connectivity index (χ4n) is 5.23. The van der Waals surface area contributed by atoms with Crippen LogP contribution in [-0.2, 0) is 16.2 Å². The lowest BCUT2D eigenvalue weighted by Gasteiger charge is -2.42. The first-order chi connectivity index (χ1) is 18.3. The molecule has 10 heteroatoms. The monoisotopic (exact) mass is 520 g/mol. The highest BCUT2D eigenvalue weighted by molar-refractivity contribution is 5.96. The second-order valence-electron chi connectivity index (χ2n) is 9.47. The molecule has 200 valence electrons. The van der Waals surface area contributed by atoms with Crippen molar-refractivity contribution in [1.29, 1.82) is 0 Å². The zero-order valence-electron chi connectivity index (χ0n) is 21.4. The largest absolute Gasteiger partial charge is 0.489 e. The third-order valence-electron chi connectivity index (χ3n) is 6.96. The van der Waals surface area contributed by atoms with Gasteiger partial charge in [0.05, 0.1) is 17.4 Å². The van der Waals surface area contributed by atoms with Crippen LogP contribution in [0.15, 0.2) is 54.6 Å². The molecule has 3 aromatic rings. The number of carbonyl (C=O) groups excluding carboxylic acids is 2. The Bertz CT molecular complexity index is 1310. The maximum atomic E-state index is 13.2. The van der Waals surface area contributed by atoms with Gasteiger partial charge in [-0.25, -0.2) is 10.3 Å². The Morgan fingerprint density at radius 3 is 2.53 bits per heavy atom. The highest BCUT2D eigenvalue weighted by Gasteiger charge is 2.46. The van der Waals surface area contributed by atoms with Crippen molar-refractivity contribution in [2.45, 2.75) is 45.8 Å². The van der Waals surface area contributed by atoms with Gasteiger partial charge in [-0.3, -0.25) is 19.8 Å². The number of aromatic nitrogens is 1. The summed E-state index contributed by atoms with van der Waals surface area (Å²) in [6.07, 6.45) is 0.0288. The van der Waals surface area contributed by atoms with Gasteiger partial charge >= 0.3 is 6.09 Å². The van der Waals surface area contributed by atoms with Gasteiger partial charge in [-0.2, -0.15) is 0 Å². The van der Waals surface area contributed by atoms with Crippen molar-refractivity contribution in [3.63, 3.8) is 0 Å². The van der Waals surface area contributed by atoms with Crippen LogP contribution >= 0.6 is 0 Å². The van der Waals surface area contributed by atoms with Gasteiger partial charge in [0.1, 0.15) is 12.4 Å². The molecule has 1 aromatic heterocycles. The number of nitrogens with zero attached hydrogens (tertiary/aromatic N) is 2. The molecule has 1 fully saturated rings. The van der Waals surface area contributed by atoms with Gasteiger partial charge in [0.15, 0.2) is 0 Å². The first-order valence-corrected chi connectivity index (χ1v) is 12.6. The number of fused-ring (bicyclic) bond motifs is 1. The summed E-state index contributed by atoms with van der Waals surface area (Å²) in [5.74, 6) is -2.36. The number of pyridine rings is 1. The standard InChI is InChI=1S/C28H32N4O6/c1-3-6-24-25(27(34)31-37)22(13-14-32(24)28(35)36)26(33)30-19-9-11-20(12-10-19)38-16-18-15-17(2)29-23-8-5-4-7-21(18)23/h4-5,7-12,15,22,24-25,37H,3,6,13-14,16H2,1-2H3,(H,30,33)(H,31,34)(H,35,36)/t22-,24-,25-/m1/s1. The lowest BCUT2D eigenvalue weighted by atomic mass is 9.77. The number of hydroxylamine groups is 1. The summed E-state index contributed by atoms with van der Waals surface area (Å²) < 4.78 is 5.99. The molecule has 1 aliphatic rings. The number of para-hydroxylation sites is 1. The SMILES string of the molecule is CCC[C@@H]1[C@H](C(=O)NO)[C@H](C(=O)Nc2ccc(OCc3cc(C)nc4ccccc34)cc2)CCN1C(=O)O. The smallest absolute Gasteiger partial charge is 0.407 e. The summed E-state index contributed by atoms with van der Waals surface area (Å²) in [4.78, 5) is 43.2. The van der Waals surface area contributed by atoms with Crippen LogP contribution in [0.3, 0.4) is 0 Å². The van der Waals surface area contributed by atoms with E-state index in [1.54, 1.807) is 29.7 Å². The molecule has 0 spiro atoms. The van der Waals surface area contributed by atoms with Gasteiger partial charge in [0, 0.05) is 34.9 Å². The van der Waals surface area contributed by atoms with Crippen molar-refractivity contribution in [3.05, 3.63) is 65.9 Å². The van der Waals surface area contributed by atoms with Gasteiger partial charge < -0.3 is 20.1 Å². The van der Waals surface area contributed by atoms with Crippen LogP contribution in [0.25, 0.3) is 10.9 Å². The average Bonchev–Trinajstić information content (AvgIpc) is 2.91. The number of nitrogens with one attached hydrogen (secondary N) is 2. The first kappa shape index (κ1) is 26.9. The molecule has 1 saturated heterocycles. The van der Waals surface area contributed by atoms with Gasteiger partial charge in [-0.15, -0.1) is 0 Å². The van der Waals surface area contributed by atoms with Gasteiger partial charge in [-0.05, 0) is 56.2 Å². The third-order valence-corrected chi connectivity index (χ3v) is 6.96.